The number of carbonyl (C=O) groups is 1. The quantitative estimate of drug-likeness (QED) is 0.326. The van der Waals surface area contributed by atoms with E-state index >= 15 is 0 Å². The number of benzene rings is 2. The first-order valence-corrected chi connectivity index (χ1v) is 12.2. The fourth-order valence-corrected chi connectivity index (χ4v) is 5.18. The maximum absolute atomic E-state index is 13.3. The summed E-state index contributed by atoms with van der Waals surface area (Å²) in [5.74, 6) is 0.130. The standard InChI is InChI=1S/C27H27N3OS/c31-26(16-21-10-4-1-5-11-21)25-17-23(22-12-6-2-7-13-22)18-30(25)19-24-20-32-27(28-24)29-14-8-3-9-15-29/h1-2,4-7,10-13,17-18,20H,3,8-9,14-16,19H2. The van der Waals surface area contributed by atoms with Crippen LogP contribution in [0.25, 0.3) is 11.1 Å². The van der Waals surface area contributed by atoms with Crippen molar-refractivity contribution in [3.8, 4) is 11.1 Å². The third-order valence-corrected chi connectivity index (χ3v) is 6.95. The van der Waals surface area contributed by atoms with Gasteiger partial charge in [-0.1, -0.05) is 60.7 Å². The normalized spacial score (nSPS) is 13.9. The minimum absolute atomic E-state index is 0.130. The fraction of sp³-hybridized carbons (Fsp3) is 0.259. The van der Waals surface area contributed by atoms with Crippen LogP contribution in [-0.4, -0.2) is 28.4 Å². The van der Waals surface area contributed by atoms with Gasteiger partial charge in [-0.15, -0.1) is 11.3 Å². The molecule has 4 aromatic rings. The first-order valence-electron chi connectivity index (χ1n) is 11.3. The molecular formula is C27H27N3OS. The van der Waals surface area contributed by atoms with Gasteiger partial charge in [0.05, 0.1) is 17.9 Å². The molecule has 0 radical (unpaired) electrons. The third-order valence-electron chi connectivity index (χ3n) is 6.00. The fourth-order valence-electron chi connectivity index (χ4n) is 4.31. The summed E-state index contributed by atoms with van der Waals surface area (Å²) in [7, 11) is 0. The van der Waals surface area contributed by atoms with Gasteiger partial charge in [0.25, 0.3) is 0 Å². The van der Waals surface area contributed by atoms with Crippen LogP contribution in [-0.2, 0) is 13.0 Å². The maximum atomic E-state index is 13.3. The Labute approximate surface area is 193 Å². The number of thiazole rings is 1. The SMILES string of the molecule is O=C(Cc1ccccc1)c1cc(-c2ccccc2)cn1Cc1csc(N2CCCCC2)n1. The molecule has 4 nitrogen and oxygen atoms in total. The number of hydrogen-bond acceptors (Lipinski definition) is 4. The summed E-state index contributed by atoms with van der Waals surface area (Å²) in [4.78, 5) is 20.6. The number of piperidine rings is 1. The predicted octanol–water partition coefficient (Wildman–Crippen LogP) is 6.08. The molecule has 0 atom stereocenters. The summed E-state index contributed by atoms with van der Waals surface area (Å²) in [5.41, 5.74) is 4.97. The largest absolute Gasteiger partial charge is 0.348 e. The zero-order valence-electron chi connectivity index (χ0n) is 18.1. The van der Waals surface area contributed by atoms with Crippen LogP contribution in [0.15, 0.2) is 78.3 Å². The Morgan fingerprint density at radius 1 is 0.906 bits per heavy atom. The van der Waals surface area contributed by atoms with Crippen LogP contribution in [0.1, 0.15) is 41.0 Å². The zero-order chi connectivity index (χ0) is 21.8. The lowest BCUT2D eigenvalue weighted by atomic mass is 10.1. The molecule has 0 N–H and O–H groups in total. The van der Waals surface area contributed by atoms with Crippen LogP contribution in [0.5, 0.6) is 0 Å². The highest BCUT2D eigenvalue weighted by atomic mass is 32.1. The van der Waals surface area contributed by atoms with E-state index in [1.54, 1.807) is 11.3 Å². The second kappa shape index (κ2) is 9.53. The van der Waals surface area contributed by atoms with Gasteiger partial charge in [-0.25, -0.2) is 4.98 Å². The molecule has 0 bridgehead atoms. The zero-order valence-corrected chi connectivity index (χ0v) is 18.9. The molecule has 162 valence electrons. The molecule has 0 saturated carbocycles. The van der Waals surface area contributed by atoms with Crippen LogP contribution >= 0.6 is 11.3 Å². The molecule has 0 aliphatic carbocycles. The average Bonchev–Trinajstić information content (AvgIpc) is 3.49. The summed E-state index contributed by atoms with van der Waals surface area (Å²) in [6, 6.07) is 22.2. The second-order valence-corrected chi connectivity index (χ2v) is 9.20. The van der Waals surface area contributed by atoms with E-state index in [1.165, 1.54) is 19.3 Å². The number of aromatic nitrogens is 2. The van der Waals surface area contributed by atoms with Gasteiger partial charge >= 0.3 is 0 Å². The van der Waals surface area contributed by atoms with Crippen LogP contribution in [0, 0.1) is 0 Å². The van der Waals surface area contributed by atoms with Gasteiger partial charge in [0.15, 0.2) is 10.9 Å². The van der Waals surface area contributed by atoms with E-state index in [-0.39, 0.29) is 5.78 Å². The third kappa shape index (κ3) is 4.68. The van der Waals surface area contributed by atoms with Gasteiger partial charge in [0.2, 0.25) is 0 Å². The monoisotopic (exact) mass is 441 g/mol. The summed E-state index contributed by atoms with van der Waals surface area (Å²) in [5, 5.41) is 3.24. The highest BCUT2D eigenvalue weighted by Crippen LogP contribution is 2.27. The Bertz CT molecular complexity index is 1170. The number of anilines is 1. The highest BCUT2D eigenvalue weighted by Gasteiger charge is 2.18. The maximum Gasteiger partial charge on any atom is 0.185 e. The number of carbonyl (C=O) groups excluding carboxylic acids is 1. The van der Waals surface area contributed by atoms with Crippen LogP contribution < -0.4 is 4.90 Å². The molecule has 0 spiro atoms. The Morgan fingerprint density at radius 3 is 2.38 bits per heavy atom. The number of rotatable bonds is 7. The van der Waals surface area contributed by atoms with Gasteiger partial charge < -0.3 is 9.47 Å². The summed E-state index contributed by atoms with van der Waals surface area (Å²) in [6.45, 7) is 2.79. The van der Waals surface area contributed by atoms with Crippen molar-refractivity contribution in [2.24, 2.45) is 0 Å². The first-order chi connectivity index (χ1) is 15.8. The lowest BCUT2D eigenvalue weighted by Crippen LogP contribution is -2.29. The number of nitrogens with zero attached hydrogens (tertiary/aromatic N) is 3. The molecule has 32 heavy (non-hydrogen) atoms. The van der Waals surface area contributed by atoms with E-state index in [2.05, 4.69) is 33.2 Å². The molecule has 1 aliphatic rings. The van der Waals surface area contributed by atoms with E-state index in [4.69, 9.17) is 4.98 Å². The van der Waals surface area contributed by atoms with Gasteiger partial charge in [-0.05, 0) is 36.5 Å². The Kier molecular flexibility index (Phi) is 6.17. The average molecular weight is 442 g/mol. The molecule has 2 aromatic carbocycles. The minimum atomic E-state index is 0.130. The van der Waals surface area contributed by atoms with Crippen LogP contribution in [0.2, 0.25) is 0 Å². The van der Waals surface area contributed by atoms with Crippen molar-refractivity contribution in [3.63, 3.8) is 0 Å². The highest BCUT2D eigenvalue weighted by molar-refractivity contribution is 7.13. The first kappa shape index (κ1) is 20.7. The number of ketones is 1. The molecule has 2 aromatic heterocycles. The summed E-state index contributed by atoms with van der Waals surface area (Å²) < 4.78 is 2.07. The van der Waals surface area contributed by atoms with E-state index in [9.17, 15) is 4.79 Å². The van der Waals surface area contributed by atoms with Crippen molar-refractivity contribution >= 4 is 22.3 Å². The lowest BCUT2D eigenvalue weighted by Gasteiger charge is -2.25. The Balaban J connectivity index is 1.43. The predicted molar refractivity (Wildman–Crippen MR) is 132 cm³/mol. The van der Waals surface area contributed by atoms with E-state index < -0.39 is 0 Å². The molecule has 0 unspecified atom stereocenters. The van der Waals surface area contributed by atoms with Crippen molar-refractivity contribution < 1.29 is 4.79 Å². The van der Waals surface area contributed by atoms with E-state index in [0.29, 0.717) is 13.0 Å². The van der Waals surface area contributed by atoms with Gasteiger partial charge in [-0.2, -0.15) is 0 Å². The number of hydrogen-bond donors (Lipinski definition) is 0. The minimum Gasteiger partial charge on any atom is -0.348 e. The van der Waals surface area contributed by atoms with E-state index in [0.717, 1.165) is 46.3 Å². The van der Waals surface area contributed by atoms with Crippen LogP contribution in [0.4, 0.5) is 5.13 Å². The topological polar surface area (TPSA) is 38.1 Å². The Hall–Kier alpha value is -3.18. The molecule has 5 rings (SSSR count). The summed E-state index contributed by atoms with van der Waals surface area (Å²) in [6.07, 6.45) is 6.28. The second-order valence-electron chi connectivity index (χ2n) is 8.36. The van der Waals surface area contributed by atoms with Crippen molar-refractivity contribution in [1.29, 1.82) is 0 Å². The molecule has 3 heterocycles. The molecule has 0 amide bonds. The number of Topliss-reactive ketones (excluding diaryl/α,β-unsaturated/α-hetero) is 1. The van der Waals surface area contributed by atoms with Crippen molar-refractivity contribution in [1.82, 2.24) is 9.55 Å². The molecule has 5 heteroatoms. The molecular weight excluding hydrogens is 414 g/mol. The van der Waals surface area contributed by atoms with Crippen molar-refractivity contribution in [2.45, 2.75) is 32.2 Å². The molecule has 1 saturated heterocycles. The molecule has 1 aliphatic heterocycles. The van der Waals surface area contributed by atoms with Gasteiger partial charge in [0.1, 0.15) is 0 Å². The van der Waals surface area contributed by atoms with Crippen molar-refractivity contribution in [2.75, 3.05) is 18.0 Å². The molecule has 1 fully saturated rings. The summed E-state index contributed by atoms with van der Waals surface area (Å²) >= 11 is 1.71. The van der Waals surface area contributed by atoms with Crippen molar-refractivity contribution in [3.05, 3.63) is 95.3 Å². The van der Waals surface area contributed by atoms with Crippen LogP contribution in [0.3, 0.4) is 0 Å². The van der Waals surface area contributed by atoms with E-state index in [1.807, 2.05) is 54.6 Å². The van der Waals surface area contributed by atoms with Gasteiger partial charge in [0, 0.05) is 36.7 Å². The van der Waals surface area contributed by atoms with Gasteiger partial charge in [-0.3, -0.25) is 4.79 Å². The smallest absolute Gasteiger partial charge is 0.185 e. The Morgan fingerprint density at radius 2 is 1.62 bits per heavy atom. The lowest BCUT2D eigenvalue weighted by molar-refractivity contribution is 0.0984.